The molecule has 18 heavy (non-hydrogen) atoms. The summed E-state index contributed by atoms with van der Waals surface area (Å²) < 4.78 is 5.46. The van der Waals surface area contributed by atoms with E-state index in [1.807, 2.05) is 0 Å². The van der Waals surface area contributed by atoms with E-state index >= 15 is 0 Å². The van der Waals surface area contributed by atoms with Crippen LogP contribution >= 0.6 is 0 Å². The Morgan fingerprint density at radius 2 is 2.22 bits per heavy atom. The van der Waals surface area contributed by atoms with Gasteiger partial charge in [0.15, 0.2) is 5.82 Å². The third kappa shape index (κ3) is 2.23. The number of nitrogens with two attached hydrogens (primary N) is 3. The number of hydrogen-bond acceptors (Lipinski definition) is 8. The Kier molecular flexibility index (Phi) is 3.36. The molecular weight excluding hydrogens is 240 g/mol. The summed E-state index contributed by atoms with van der Waals surface area (Å²) in [5, 5.41) is 10.1. The number of H-pyrrole nitrogens is 1. The summed E-state index contributed by atoms with van der Waals surface area (Å²) in [6.45, 7) is -0.0786. The number of rotatable bonds is 3. The Morgan fingerprint density at radius 3 is 2.83 bits per heavy atom. The van der Waals surface area contributed by atoms with Gasteiger partial charge in [0.05, 0.1) is 12.7 Å². The van der Waals surface area contributed by atoms with Crippen molar-refractivity contribution in [1.82, 2.24) is 9.97 Å². The maximum absolute atomic E-state index is 11.4. The molecule has 0 bridgehead atoms. The molecule has 1 aliphatic rings. The number of nitrogen functional groups attached to an aromatic ring is 2. The summed E-state index contributed by atoms with van der Waals surface area (Å²) in [4.78, 5) is 17.6. The van der Waals surface area contributed by atoms with Crippen molar-refractivity contribution in [3.05, 3.63) is 10.4 Å². The van der Waals surface area contributed by atoms with Crippen LogP contribution in [-0.2, 0) is 4.74 Å². The molecule has 2 rings (SSSR count). The third-order valence-corrected chi connectivity index (χ3v) is 2.80. The van der Waals surface area contributed by atoms with Gasteiger partial charge in [0.2, 0.25) is 5.95 Å². The molecule has 1 aromatic heterocycles. The number of hydrazine groups is 1. The lowest BCUT2D eigenvalue weighted by molar-refractivity contribution is 0.0103. The van der Waals surface area contributed by atoms with Crippen LogP contribution in [-0.4, -0.2) is 34.0 Å². The smallest absolute Gasteiger partial charge is 0.277 e. The van der Waals surface area contributed by atoms with Gasteiger partial charge >= 0.3 is 0 Å². The SMILES string of the molecule is Nc1nc(N(N)C2CCC(CO)O2)c(N)c(=O)[nH]1. The molecule has 1 saturated heterocycles. The van der Waals surface area contributed by atoms with Crippen molar-refractivity contribution in [2.24, 2.45) is 5.84 Å². The number of aromatic nitrogens is 2. The molecular formula is C9H16N6O3. The zero-order valence-electron chi connectivity index (χ0n) is 9.67. The normalized spacial score (nSPS) is 23.2. The molecule has 0 aromatic carbocycles. The molecule has 9 nitrogen and oxygen atoms in total. The number of aliphatic hydroxyl groups excluding tert-OH is 1. The highest BCUT2D eigenvalue weighted by Gasteiger charge is 2.30. The largest absolute Gasteiger partial charge is 0.394 e. The Labute approximate surface area is 103 Å². The van der Waals surface area contributed by atoms with E-state index in [1.165, 1.54) is 0 Å². The lowest BCUT2D eigenvalue weighted by atomic mass is 10.2. The Balaban J connectivity index is 2.24. The van der Waals surface area contributed by atoms with Crippen molar-refractivity contribution < 1.29 is 9.84 Å². The van der Waals surface area contributed by atoms with Crippen molar-refractivity contribution in [3.63, 3.8) is 0 Å². The molecule has 0 spiro atoms. The lowest BCUT2D eigenvalue weighted by Gasteiger charge is -2.25. The fourth-order valence-corrected chi connectivity index (χ4v) is 1.85. The third-order valence-electron chi connectivity index (χ3n) is 2.80. The topological polar surface area (TPSA) is 157 Å². The predicted octanol–water partition coefficient (Wildman–Crippen LogP) is -1.89. The van der Waals surface area contributed by atoms with Crippen LogP contribution in [0.2, 0.25) is 0 Å². The van der Waals surface area contributed by atoms with Crippen molar-refractivity contribution in [2.75, 3.05) is 23.1 Å². The molecule has 1 aromatic rings. The number of nitrogens with one attached hydrogen (secondary N) is 1. The zero-order chi connectivity index (χ0) is 13.3. The first-order valence-corrected chi connectivity index (χ1v) is 5.48. The summed E-state index contributed by atoms with van der Waals surface area (Å²) in [6, 6.07) is 0. The highest BCUT2D eigenvalue weighted by atomic mass is 16.5. The first kappa shape index (κ1) is 12.6. The molecule has 0 saturated carbocycles. The van der Waals surface area contributed by atoms with Gasteiger partial charge in [-0.2, -0.15) is 4.98 Å². The average Bonchev–Trinajstić information content (AvgIpc) is 2.81. The molecule has 1 aliphatic heterocycles. The van der Waals surface area contributed by atoms with E-state index in [9.17, 15) is 4.79 Å². The molecule has 1 fully saturated rings. The summed E-state index contributed by atoms with van der Waals surface area (Å²) in [5.41, 5.74) is 10.4. The standard InChI is InChI=1S/C9H16N6O3/c10-6-7(13-9(11)14-8(6)17)15(12)5-2-1-4(3-16)18-5/h4-5,16H,1-3,10,12H2,(H3,11,13,14,17). The second-order valence-electron chi connectivity index (χ2n) is 4.07. The van der Waals surface area contributed by atoms with E-state index in [2.05, 4.69) is 9.97 Å². The second kappa shape index (κ2) is 4.80. The quantitative estimate of drug-likeness (QED) is 0.310. The van der Waals surface area contributed by atoms with Gasteiger partial charge in [-0.15, -0.1) is 0 Å². The molecule has 2 heterocycles. The molecule has 0 radical (unpaired) electrons. The molecule has 0 amide bonds. The van der Waals surface area contributed by atoms with Gasteiger partial charge in [-0.25, -0.2) is 5.84 Å². The highest BCUT2D eigenvalue weighted by molar-refractivity contribution is 5.62. The van der Waals surface area contributed by atoms with Crippen molar-refractivity contribution in [2.45, 2.75) is 25.2 Å². The van der Waals surface area contributed by atoms with Gasteiger partial charge in [-0.05, 0) is 12.8 Å². The highest BCUT2D eigenvalue weighted by Crippen LogP contribution is 2.25. The van der Waals surface area contributed by atoms with Crippen molar-refractivity contribution >= 4 is 17.5 Å². The van der Waals surface area contributed by atoms with Crippen molar-refractivity contribution in [1.29, 1.82) is 0 Å². The Morgan fingerprint density at radius 1 is 1.50 bits per heavy atom. The second-order valence-corrected chi connectivity index (χ2v) is 4.07. The number of aliphatic hydroxyl groups is 1. The molecule has 2 unspecified atom stereocenters. The van der Waals surface area contributed by atoms with Crippen LogP contribution in [0.3, 0.4) is 0 Å². The number of anilines is 3. The van der Waals surface area contributed by atoms with Crippen molar-refractivity contribution in [3.8, 4) is 0 Å². The minimum atomic E-state index is -0.551. The summed E-state index contributed by atoms with van der Waals surface area (Å²) in [5.74, 6) is 5.83. The van der Waals surface area contributed by atoms with Gasteiger partial charge in [0.1, 0.15) is 11.9 Å². The van der Waals surface area contributed by atoms with Gasteiger partial charge in [-0.1, -0.05) is 0 Å². The Bertz CT molecular complexity index is 490. The van der Waals surface area contributed by atoms with Gasteiger partial charge in [0, 0.05) is 0 Å². The van der Waals surface area contributed by atoms with E-state index in [1.54, 1.807) is 0 Å². The summed E-state index contributed by atoms with van der Waals surface area (Å²) >= 11 is 0. The van der Waals surface area contributed by atoms with Crippen LogP contribution in [0.5, 0.6) is 0 Å². The van der Waals surface area contributed by atoms with Gasteiger partial charge < -0.3 is 21.3 Å². The minimum absolute atomic E-state index is 0.0693. The lowest BCUT2D eigenvalue weighted by Crippen LogP contribution is -2.43. The minimum Gasteiger partial charge on any atom is -0.394 e. The number of hydrogen-bond donors (Lipinski definition) is 5. The van der Waals surface area contributed by atoms with E-state index in [-0.39, 0.29) is 30.2 Å². The summed E-state index contributed by atoms with van der Waals surface area (Å²) in [7, 11) is 0. The van der Waals surface area contributed by atoms with Crippen LogP contribution in [0.4, 0.5) is 17.5 Å². The zero-order valence-corrected chi connectivity index (χ0v) is 9.67. The Hall–Kier alpha value is -1.84. The molecule has 2 atom stereocenters. The maximum Gasteiger partial charge on any atom is 0.277 e. The van der Waals surface area contributed by atoms with Crippen LogP contribution in [0.1, 0.15) is 12.8 Å². The van der Waals surface area contributed by atoms with Gasteiger partial charge in [0.25, 0.3) is 5.56 Å². The van der Waals surface area contributed by atoms with Crippen LogP contribution in [0, 0.1) is 0 Å². The number of ether oxygens (including phenoxy) is 1. The molecule has 9 heteroatoms. The fourth-order valence-electron chi connectivity index (χ4n) is 1.85. The number of aromatic amines is 1. The van der Waals surface area contributed by atoms with Crippen LogP contribution < -0.4 is 27.9 Å². The first-order chi connectivity index (χ1) is 8.52. The van der Waals surface area contributed by atoms with E-state index in [4.69, 9.17) is 27.2 Å². The molecule has 0 aliphatic carbocycles. The van der Waals surface area contributed by atoms with Crippen LogP contribution in [0.25, 0.3) is 0 Å². The van der Waals surface area contributed by atoms with Gasteiger partial charge in [-0.3, -0.25) is 14.8 Å². The predicted molar refractivity (Wildman–Crippen MR) is 65.3 cm³/mol. The summed E-state index contributed by atoms with van der Waals surface area (Å²) in [6.07, 6.45) is 0.531. The monoisotopic (exact) mass is 256 g/mol. The number of nitrogens with zero attached hydrogens (tertiary/aromatic N) is 2. The average molecular weight is 256 g/mol. The maximum atomic E-state index is 11.4. The molecule has 100 valence electrons. The van der Waals surface area contributed by atoms with E-state index in [0.717, 1.165) is 5.01 Å². The van der Waals surface area contributed by atoms with E-state index < -0.39 is 11.8 Å². The first-order valence-electron chi connectivity index (χ1n) is 5.48. The van der Waals surface area contributed by atoms with Crippen LogP contribution in [0.15, 0.2) is 4.79 Å². The molecule has 8 N–H and O–H groups in total. The van der Waals surface area contributed by atoms with E-state index in [0.29, 0.717) is 12.8 Å². The fraction of sp³-hybridized carbons (Fsp3) is 0.556.